The summed E-state index contributed by atoms with van der Waals surface area (Å²) in [7, 11) is 1.35. The lowest BCUT2D eigenvalue weighted by atomic mass is 10.1. The summed E-state index contributed by atoms with van der Waals surface area (Å²) in [4.78, 5) is 22.9. The number of benzene rings is 1. The van der Waals surface area contributed by atoms with Crippen molar-refractivity contribution in [3.63, 3.8) is 0 Å². The molecule has 0 saturated carbocycles. The number of rotatable bonds is 3. The second kappa shape index (κ2) is 8.23. The van der Waals surface area contributed by atoms with Crippen molar-refractivity contribution < 1.29 is 19.1 Å². The van der Waals surface area contributed by atoms with E-state index < -0.39 is 11.7 Å². The lowest BCUT2D eigenvalue weighted by molar-refractivity contribution is 0.0527. The van der Waals surface area contributed by atoms with Crippen molar-refractivity contribution in [1.29, 1.82) is 0 Å². The van der Waals surface area contributed by atoms with Gasteiger partial charge in [0, 0.05) is 18.5 Å². The molecule has 0 saturated heterocycles. The van der Waals surface area contributed by atoms with E-state index in [1.165, 1.54) is 7.11 Å². The Bertz CT molecular complexity index is 633. The second-order valence-electron chi connectivity index (χ2n) is 6.00. The van der Waals surface area contributed by atoms with Gasteiger partial charge in [-0.15, -0.1) is 0 Å². The third-order valence-corrected chi connectivity index (χ3v) is 2.79. The Morgan fingerprint density at radius 1 is 1.26 bits per heavy atom. The quantitative estimate of drug-likeness (QED) is 0.529. The van der Waals surface area contributed by atoms with Crippen LogP contribution in [0.5, 0.6) is 0 Å². The topological polar surface area (TPSA) is 64.6 Å². The predicted molar refractivity (Wildman–Crippen MR) is 88.3 cm³/mol. The van der Waals surface area contributed by atoms with Gasteiger partial charge >= 0.3 is 12.1 Å². The van der Waals surface area contributed by atoms with Crippen molar-refractivity contribution in [3.8, 4) is 11.8 Å². The minimum Gasteiger partial charge on any atom is -0.465 e. The highest BCUT2D eigenvalue weighted by Crippen LogP contribution is 2.11. The van der Waals surface area contributed by atoms with Crippen LogP contribution in [0.3, 0.4) is 0 Å². The van der Waals surface area contributed by atoms with Gasteiger partial charge in [-0.3, -0.25) is 0 Å². The van der Waals surface area contributed by atoms with Gasteiger partial charge in [0.1, 0.15) is 5.60 Å². The highest BCUT2D eigenvalue weighted by atomic mass is 16.6. The van der Waals surface area contributed by atoms with Crippen molar-refractivity contribution in [3.05, 3.63) is 34.9 Å². The first-order chi connectivity index (χ1) is 10.7. The number of methoxy groups -OCH3 is 1. The van der Waals surface area contributed by atoms with Gasteiger partial charge in [-0.05, 0) is 51.5 Å². The molecule has 1 N–H and O–H groups in total. The van der Waals surface area contributed by atoms with Gasteiger partial charge < -0.3 is 14.8 Å². The van der Waals surface area contributed by atoms with Crippen molar-refractivity contribution in [2.75, 3.05) is 13.7 Å². The Morgan fingerprint density at radius 3 is 2.52 bits per heavy atom. The molecular weight excluding hydrogens is 294 g/mol. The van der Waals surface area contributed by atoms with E-state index in [1.54, 1.807) is 18.2 Å². The molecule has 5 nitrogen and oxygen atoms in total. The standard InChI is InChI=1S/C18H23NO4/c1-13-12-15(16(20)22-5)10-9-14(13)8-6-7-11-19-17(21)23-18(2,3)4/h9-10,12H,7,11H2,1-5H3,(H,19,21). The van der Waals surface area contributed by atoms with Crippen molar-refractivity contribution in [1.82, 2.24) is 5.32 Å². The Hall–Kier alpha value is -2.48. The molecule has 0 bridgehead atoms. The van der Waals surface area contributed by atoms with Crippen LogP contribution in [0.4, 0.5) is 4.79 Å². The normalized spacial score (nSPS) is 10.3. The fourth-order valence-corrected chi connectivity index (χ4v) is 1.75. The summed E-state index contributed by atoms with van der Waals surface area (Å²) in [6.45, 7) is 7.74. The molecule has 0 fully saturated rings. The van der Waals surface area contributed by atoms with E-state index in [1.807, 2.05) is 27.7 Å². The molecule has 5 heteroatoms. The zero-order valence-corrected chi connectivity index (χ0v) is 14.3. The summed E-state index contributed by atoms with van der Waals surface area (Å²) in [6, 6.07) is 5.21. The van der Waals surface area contributed by atoms with Crippen LogP contribution in [0.1, 0.15) is 48.7 Å². The number of carbonyl (C=O) groups is 2. The molecule has 0 aliphatic heterocycles. The minimum absolute atomic E-state index is 0.367. The summed E-state index contributed by atoms with van der Waals surface area (Å²) in [5, 5.41) is 2.65. The summed E-state index contributed by atoms with van der Waals surface area (Å²) < 4.78 is 9.80. The molecule has 0 aromatic heterocycles. The highest BCUT2D eigenvalue weighted by Gasteiger charge is 2.15. The maximum Gasteiger partial charge on any atom is 0.407 e. The van der Waals surface area contributed by atoms with E-state index in [0.29, 0.717) is 18.5 Å². The minimum atomic E-state index is -0.506. The number of esters is 1. The van der Waals surface area contributed by atoms with Gasteiger partial charge in [-0.1, -0.05) is 11.8 Å². The molecule has 0 aliphatic rings. The number of nitrogens with one attached hydrogen (secondary N) is 1. The Balaban J connectivity index is 2.51. The number of alkyl carbamates (subject to hydrolysis) is 1. The van der Waals surface area contributed by atoms with Gasteiger partial charge in [0.2, 0.25) is 0 Å². The molecule has 0 unspecified atom stereocenters. The zero-order chi connectivity index (χ0) is 17.5. The van der Waals surface area contributed by atoms with Crippen molar-refractivity contribution in [2.45, 2.75) is 39.7 Å². The molecule has 0 spiro atoms. The summed E-state index contributed by atoms with van der Waals surface area (Å²) in [5.74, 6) is 5.65. The first kappa shape index (κ1) is 18.6. The zero-order valence-electron chi connectivity index (χ0n) is 14.3. The molecule has 0 aliphatic carbocycles. The fourth-order valence-electron chi connectivity index (χ4n) is 1.75. The van der Waals surface area contributed by atoms with Crippen LogP contribution < -0.4 is 5.32 Å². The molecule has 0 atom stereocenters. The number of hydrogen-bond acceptors (Lipinski definition) is 4. The van der Waals surface area contributed by atoms with E-state index in [0.717, 1.165) is 11.1 Å². The van der Waals surface area contributed by atoms with Gasteiger partial charge in [-0.25, -0.2) is 9.59 Å². The molecular formula is C18H23NO4. The molecule has 1 amide bonds. The molecule has 23 heavy (non-hydrogen) atoms. The lowest BCUT2D eigenvalue weighted by Gasteiger charge is -2.19. The van der Waals surface area contributed by atoms with Crippen LogP contribution in [-0.2, 0) is 9.47 Å². The summed E-state index contributed by atoms with van der Waals surface area (Å²) in [5.41, 5.74) is 1.74. The van der Waals surface area contributed by atoms with Crippen LogP contribution in [0.25, 0.3) is 0 Å². The van der Waals surface area contributed by atoms with Gasteiger partial charge in [0.05, 0.1) is 12.7 Å². The number of hydrogen-bond donors (Lipinski definition) is 1. The van der Waals surface area contributed by atoms with E-state index in [-0.39, 0.29) is 5.97 Å². The molecule has 0 heterocycles. The molecule has 124 valence electrons. The van der Waals surface area contributed by atoms with Crippen LogP contribution in [-0.4, -0.2) is 31.3 Å². The molecule has 1 aromatic rings. The maximum absolute atomic E-state index is 11.5. The smallest absolute Gasteiger partial charge is 0.407 e. The van der Waals surface area contributed by atoms with Crippen LogP contribution in [0.2, 0.25) is 0 Å². The molecule has 1 rings (SSSR count). The van der Waals surface area contributed by atoms with Gasteiger partial charge in [-0.2, -0.15) is 0 Å². The molecule has 0 radical (unpaired) electrons. The summed E-state index contributed by atoms with van der Waals surface area (Å²) in [6.07, 6.45) is 0.0650. The van der Waals surface area contributed by atoms with E-state index in [9.17, 15) is 9.59 Å². The van der Waals surface area contributed by atoms with Crippen LogP contribution in [0, 0.1) is 18.8 Å². The monoisotopic (exact) mass is 317 g/mol. The Labute approximate surface area is 137 Å². The first-order valence-corrected chi connectivity index (χ1v) is 7.37. The van der Waals surface area contributed by atoms with Crippen molar-refractivity contribution >= 4 is 12.1 Å². The SMILES string of the molecule is COC(=O)c1ccc(C#CCCNC(=O)OC(C)(C)C)c(C)c1. The lowest BCUT2D eigenvalue weighted by Crippen LogP contribution is -2.32. The average Bonchev–Trinajstić information content (AvgIpc) is 2.45. The number of aryl methyl sites for hydroxylation is 1. The number of carbonyl (C=O) groups excluding carboxylic acids is 2. The third-order valence-electron chi connectivity index (χ3n) is 2.79. The van der Waals surface area contributed by atoms with E-state index in [4.69, 9.17) is 4.74 Å². The number of ether oxygens (including phenoxy) is 2. The Kier molecular flexibility index (Phi) is 6.65. The van der Waals surface area contributed by atoms with Gasteiger partial charge in [0.15, 0.2) is 0 Å². The van der Waals surface area contributed by atoms with Crippen LogP contribution in [0.15, 0.2) is 18.2 Å². The van der Waals surface area contributed by atoms with Crippen LogP contribution >= 0.6 is 0 Å². The van der Waals surface area contributed by atoms with E-state index in [2.05, 4.69) is 21.9 Å². The largest absolute Gasteiger partial charge is 0.465 e. The van der Waals surface area contributed by atoms with Crippen molar-refractivity contribution in [2.24, 2.45) is 0 Å². The number of amides is 1. The first-order valence-electron chi connectivity index (χ1n) is 7.37. The highest BCUT2D eigenvalue weighted by molar-refractivity contribution is 5.89. The summed E-state index contributed by atoms with van der Waals surface area (Å²) >= 11 is 0. The second-order valence-corrected chi connectivity index (χ2v) is 6.00. The fraction of sp³-hybridized carbons (Fsp3) is 0.444. The molecule has 1 aromatic carbocycles. The van der Waals surface area contributed by atoms with E-state index >= 15 is 0 Å². The predicted octanol–water partition coefficient (Wildman–Crippen LogP) is 3.05. The maximum atomic E-state index is 11.5. The third kappa shape index (κ3) is 6.88. The van der Waals surface area contributed by atoms with Gasteiger partial charge in [0.25, 0.3) is 0 Å². The Morgan fingerprint density at radius 2 is 1.96 bits per heavy atom. The average molecular weight is 317 g/mol.